The molecule has 1 aromatic heterocycles. The summed E-state index contributed by atoms with van der Waals surface area (Å²) in [6.07, 6.45) is 1.93. The molecule has 0 fully saturated rings. The van der Waals surface area contributed by atoms with Crippen LogP contribution in [0.15, 0.2) is 67.0 Å². The standard InChI is InChI=1S/C22H23N3/c1-22(2,3)25-15-24-20-13-18(11-12-21(20)25)23-14-17-9-6-8-16-7-4-5-10-19(16)17/h4-13,15,23H,14H2,1-3H3. The fourth-order valence-electron chi connectivity index (χ4n) is 3.30. The maximum Gasteiger partial charge on any atom is 0.0963 e. The SMILES string of the molecule is CC(C)(C)n1cnc2cc(NCc3cccc4ccccc34)ccc21. The molecule has 4 rings (SSSR count). The first-order valence-electron chi connectivity index (χ1n) is 8.70. The largest absolute Gasteiger partial charge is 0.381 e. The van der Waals surface area contributed by atoms with Crippen molar-refractivity contribution in [3.05, 3.63) is 72.6 Å². The first-order chi connectivity index (χ1) is 12.0. The van der Waals surface area contributed by atoms with Gasteiger partial charge in [-0.1, -0.05) is 42.5 Å². The van der Waals surface area contributed by atoms with Crippen LogP contribution in [0, 0.1) is 0 Å². The van der Waals surface area contributed by atoms with Crippen molar-refractivity contribution < 1.29 is 0 Å². The second-order valence-electron chi connectivity index (χ2n) is 7.48. The fraction of sp³-hybridized carbons (Fsp3) is 0.227. The monoisotopic (exact) mass is 329 g/mol. The van der Waals surface area contributed by atoms with E-state index in [0.29, 0.717) is 0 Å². The minimum atomic E-state index is 0.0344. The Bertz CT molecular complexity index is 1030. The van der Waals surface area contributed by atoms with Gasteiger partial charge in [0, 0.05) is 17.8 Å². The molecule has 0 unspecified atom stereocenters. The lowest BCUT2D eigenvalue weighted by molar-refractivity contribution is 0.408. The van der Waals surface area contributed by atoms with E-state index in [9.17, 15) is 0 Å². The van der Waals surface area contributed by atoms with Gasteiger partial charge in [-0.15, -0.1) is 0 Å². The number of rotatable bonds is 3. The fourth-order valence-corrected chi connectivity index (χ4v) is 3.30. The topological polar surface area (TPSA) is 29.9 Å². The summed E-state index contributed by atoms with van der Waals surface area (Å²) >= 11 is 0. The Morgan fingerprint density at radius 2 is 1.76 bits per heavy atom. The molecule has 0 aliphatic rings. The molecule has 0 aliphatic carbocycles. The Labute approximate surface area is 148 Å². The van der Waals surface area contributed by atoms with Crippen LogP contribution in [0.2, 0.25) is 0 Å². The molecular formula is C22H23N3. The number of fused-ring (bicyclic) bond motifs is 2. The third kappa shape index (κ3) is 2.98. The van der Waals surface area contributed by atoms with Crippen molar-refractivity contribution in [2.24, 2.45) is 0 Å². The van der Waals surface area contributed by atoms with E-state index in [1.165, 1.54) is 21.9 Å². The average molecular weight is 329 g/mol. The van der Waals surface area contributed by atoms with Crippen LogP contribution in [0.4, 0.5) is 5.69 Å². The van der Waals surface area contributed by atoms with E-state index in [-0.39, 0.29) is 5.54 Å². The van der Waals surface area contributed by atoms with E-state index in [4.69, 9.17) is 0 Å². The number of hydrogen-bond acceptors (Lipinski definition) is 2. The summed E-state index contributed by atoms with van der Waals surface area (Å²) in [5.41, 5.74) is 4.63. The number of aromatic nitrogens is 2. The predicted molar refractivity (Wildman–Crippen MR) is 106 cm³/mol. The number of anilines is 1. The van der Waals surface area contributed by atoms with Crippen molar-refractivity contribution in [1.29, 1.82) is 0 Å². The highest BCUT2D eigenvalue weighted by molar-refractivity contribution is 5.86. The molecule has 126 valence electrons. The molecule has 0 radical (unpaired) electrons. The van der Waals surface area contributed by atoms with Gasteiger partial charge in [0.2, 0.25) is 0 Å². The molecule has 0 saturated carbocycles. The quantitative estimate of drug-likeness (QED) is 0.533. The maximum absolute atomic E-state index is 4.57. The second-order valence-corrected chi connectivity index (χ2v) is 7.48. The van der Waals surface area contributed by atoms with Gasteiger partial charge in [0.05, 0.1) is 17.4 Å². The minimum absolute atomic E-state index is 0.0344. The van der Waals surface area contributed by atoms with Crippen LogP contribution >= 0.6 is 0 Å². The van der Waals surface area contributed by atoms with Gasteiger partial charge >= 0.3 is 0 Å². The molecule has 0 spiro atoms. The van der Waals surface area contributed by atoms with Crippen molar-refractivity contribution in [2.45, 2.75) is 32.9 Å². The normalized spacial score (nSPS) is 12.0. The highest BCUT2D eigenvalue weighted by Gasteiger charge is 2.15. The number of nitrogens with zero attached hydrogens (tertiary/aromatic N) is 2. The Hall–Kier alpha value is -2.81. The van der Waals surface area contributed by atoms with E-state index in [1.54, 1.807) is 0 Å². The number of imidazole rings is 1. The van der Waals surface area contributed by atoms with Crippen LogP contribution < -0.4 is 5.32 Å². The molecule has 0 bridgehead atoms. The molecule has 1 heterocycles. The van der Waals surface area contributed by atoms with Gasteiger partial charge in [0.15, 0.2) is 0 Å². The molecule has 1 N–H and O–H groups in total. The first kappa shape index (κ1) is 15.7. The van der Waals surface area contributed by atoms with Crippen LogP contribution in [-0.4, -0.2) is 9.55 Å². The van der Waals surface area contributed by atoms with Gasteiger partial charge in [-0.05, 0) is 55.3 Å². The summed E-state index contributed by atoms with van der Waals surface area (Å²) in [6.45, 7) is 7.38. The molecular weight excluding hydrogens is 306 g/mol. The van der Waals surface area contributed by atoms with Crippen LogP contribution in [-0.2, 0) is 12.1 Å². The van der Waals surface area contributed by atoms with E-state index < -0.39 is 0 Å². The second kappa shape index (κ2) is 5.92. The summed E-state index contributed by atoms with van der Waals surface area (Å²) in [7, 11) is 0. The number of nitrogens with one attached hydrogen (secondary N) is 1. The van der Waals surface area contributed by atoms with Crippen LogP contribution in [0.25, 0.3) is 21.8 Å². The summed E-state index contributed by atoms with van der Waals surface area (Å²) in [5.74, 6) is 0. The lowest BCUT2D eigenvalue weighted by Crippen LogP contribution is -2.20. The number of benzene rings is 3. The molecule has 3 nitrogen and oxygen atoms in total. The third-order valence-electron chi connectivity index (χ3n) is 4.63. The van der Waals surface area contributed by atoms with Gasteiger partial charge in [0.1, 0.15) is 0 Å². The summed E-state index contributed by atoms with van der Waals surface area (Å²) < 4.78 is 2.22. The Morgan fingerprint density at radius 1 is 0.960 bits per heavy atom. The third-order valence-corrected chi connectivity index (χ3v) is 4.63. The Balaban J connectivity index is 1.61. The highest BCUT2D eigenvalue weighted by Crippen LogP contribution is 2.25. The van der Waals surface area contributed by atoms with E-state index in [1.807, 2.05) is 6.33 Å². The molecule has 0 atom stereocenters. The van der Waals surface area contributed by atoms with Crippen LogP contribution in [0.5, 0.6) is 0 Å². The van der Waals surface area contributed by atoms with Crippen LogP contribution in [0.1, 0.15) is 26.3 Å². The van der Waals surface area contributed by atoms with E-state index >= 15 is 0 Å². The average Bonchev–Trinajstić information content (AvgIpc) is 3.03. The summed E-state index contributed by atoms with van der Waals surface area (Å²) in [6, 6.07) is 21.4. The van der Waals surface area contributed by atoms with Crippen molar-refractivity contribution >= 4 is 27.5 Å². The molecule has 4 aromatic rings. The van der Waals surface area contributed by atoms with Gasteiger partial charge < -0.3 is 9.88 Å². The number of hydrogen-bond donors (Lipinski definition) is 1. The summed E-state index contributed by atoms with van der Waals surface area (Å²) in [4.78, 5) is 4.57. The highest BCUT2D eigenvalue weighted by atomic mass is 15.1. The van der Waals surface area contributed by atoms with Gasteiger partial charge in [-0.3, -0.25) is 0 Å². The van der Waals surface area contributed by atoms with E-state index in [2.05, 4.69) is 96.3 Å². The van der Waals surface area contributed by atoms with Crippen LogP contribution in [0.3, 0.4) is 0 Å². The Morgan fingerprint density at radius 3 is 2.60 bits per heavy atom. The van der Waals surface area contributed by atoms with Crippen molar-refractivity contribution in [3.63, 3.8) is 0 Å². The molecule has 0 saturated heterocycles. The molecule has 0 aliphatic heterocycles. The summed E-state index contributed by atoms with van der Waals surface area (Å²) in [5, 5.41) is 6.12. The molecule has 3 aromatic carbocycles. The van der Waals surface area contributed by atoms with Crippen molar-refractivity contribution in [3.8, 4) is 0 Å². The van der Waals surface area contributed by atoms with Gasteiger partial charge in [0.25, 0.3) is 0 Å². The zero-order valence-corrected chi connectivity index (χ0v) is 15.0. The Kier molecular flexibility index (Phi) is 3.72. The first-order valence-corrected chi connectivity index (χ1v) is 8.70. The van der Waals surface area contributed by atoms with Gasteiger partial charge in [-0.25, -0.2) is 4.98 Å². The maximum atomic E-state index is 4.57. The lowest BCUT2D eigenvalue weighted by Gasteiger charge is -2.21. The van der Waals surface area contributed by atoms with Crippen molar-refractivity contribution in [2.75, 3.05) is 5.32 Å². The van der Waals surface area contributed by atoms with E-state index in [0.717, 1.165) is 17.7 Å². The van der Waals surface area contributed by atoms with Gasteiger partial charge in [-0.2, -0.15) is 0 Å². The minimum Gasteiger partial charge on any atom is -0.381 e. The zero-order chi connectivity index (χ0) is 17.4. The predicted octanol–water partition coefficient (Wildman–Crippen LogP) is 5.56. The smallest absolute Gasteiger partial charge is 0.0963 e. The molecule has 0 amide bonds. The zero-order valence-electron chi connectivity index (χ0n) is 15.0. The lowest BCUT2D eigenvalue weighted by atomic mass is 10.0. The molecule has 25 heavy (non-hydrogen) atoms. The van der Waals surface area contributed by atoms with Crippen molar-refractivity contribution in [1.82, 2.24) is 9.55 Å². The molecule has 3 heteroatoms.